The van der Waals surface area contributed by atoms with Crippen molar-refractivity contribution >= 4 is 6.03 Å². The van der Waals surface area contributed by atoms with Crippen molar-refractivity contribution in [3.63, 3.8) is 0 Å². The molecule has 122 valence electrons. The summed E-state index contributed by atoms with van der Waals surface area (Å²) < 4.78 is 11.5. The van der Waals surface area contributed by atoms with E-state index in [9.17, 15) is 4.79 Å². The maximum absolute atomic E-state index is 12.3. The molecule has 2 amide bonds. The van der Waals surface area contributed by atoms with Gasteiger partial charge in [0.25, 0.3) is 0 Å². The van der Waals surface area contributed by atoms with Gasteiger partial charge in [0.15, 0.2) is 5.79 Å². The quantitative estimate of drug-likeness (QED) is 0.871. The van der Waals surface area contributed by atoms with E-state index in [1.807, 2.05) is 11.8 Å². The second-order valence-electron chi connectivity index (χ2n) is 7.54. The number of piperidine rings is 1. The molecule has 0 aromatic carbocycles. The predicted molar refractivity (Wildman–Crippen MR) is 82.1 cm³/mol. The summed E-state index contributed by atoms with van der Waals surface area (Å²) in [5.74, 6) is -0.244. The van der Waals surface area contributed by atoms with E-state index in [2.05, 4.69) is 26.1 Å². The fourth-order valence-electron chi connectivity index (χ4n) is 3.01. The molecule has 0 unspecified atom stereocenters. The number of rotatable bonds is 3. The molecule has 2 rings (SSSR count). The van der Waals surface area contributed by atoms with Gasteiger partial charge < -0.3 is 19.7 Å². The number of carbonyl (C=O) groups excluding carboxylic acids is 1. The van der Waals surface area contributed by atoms with Crippen molar-refractivity contribution in [2.24, 2.45) is 11.3 Å². The van der Waals surface area contributed by atoms with Crippen LogP contribution in [-0.4, -0.2) is 49.6 Å². The van der Waals surface area contributed by atoms with Gasteiger partial charge in [0.05, 0.1) is 13.2 Å². The van der Waals surface area contributed by atoms with Crippen LogP contribution < -0.4 is 5.32 Å². The van der Waals surface area contributed by atoms with E-state index in [1.54, 1.807) is 0 Å². The van der Waals surface area contributed by atoms with Gasteiger partial charge >= 0.3 is 6.03 Å². The number of likely N-dealkylation sites (tertiary alicyclic amines) is 1. The molecule has 0 saturated carbocycles. The van der Waals surface area contributed by atoms with Crippen LogP contribution in [-0.2, 0) is 9.47 Å². The molecular weight excluding hydrogens is 268 g/mol. The smallest absolute Gasteiger partial charge is 0.317 e. The van der Waals surface area contributed by atoms with Crippen molar-refractivity contribution in [3.05, 3.63) is 0 Å². The van der Waals surface area contributed by atoms with Crippen LogP contribution in [0.3, 0.4) is 0 Å². The summed E-state index contributed by atoms with van der Waals surface area (Å²) >= 11 is 0. The van der Waals surface area contributed by atoms with Gasteiger partial charge in [0.2, 0.25) is 0 Å². The number of urea groups is 1. The number of hydrogen-bond donors (Lipinski definition) is 1. The monoisotopic (exact) mass is 298 g/mol. The lowest BCUT2D eigenvalue weighted by molar-refractivity contribution is -0.189. The zero-order chi connectivity index (χ0) is 15.5. The van der Waals surface area contributed by atoms with E-state index in [-0.39, 0.29) is 17.4 Å². The lowest BCUT2D eigenvalue weighted by atomic mass is 9.90. The van der Waals surface area contributed by atoms with Gasteiger partial charge in [-0.1, -0.05) is 20.8 Å². The van der Waals surface area contributed by atoms with E-state index in [0.717, 1.165) is 38.9 Å². The molecule has 0 aromatic rings. The lowest BCUT2D eigenvalue weighted by Crippen LogP contribution is -2.51. The van der Waals surface area contributed by atoms with Gasteiger partial charge in [0.1, 0.15) is 0 Å². The van der Waals surface area contributed by atoms with Crippen LogP contribution in [0.2, 0.25) is 0 Å². The van der Waals surface area contributed by atoms with Crippen molar-refractivity contribution in [2.75, 3.05) is 32.8 Å². The molecule has 5 heteroatoms. The normalized spacial score (nSPS) is 25.9. The first-order valence-corrected chi connectivity index (χ1v) is 8.11. The van der Waals surface area contributed by atoms with Crippen LogP contribution in [0.4, 0.5) is 4.79 Å². The van der Waals surface area contributed by atoms with Crippen LogP contribution in [0.15, 0.2) is 0 Å². The van der Waals surface area contributed by atoms with E-state index in [0.29, 0.717) is 13.2 Å². The number of nitrogens with one attached hydrogen (secondary N) is 1. The highest BCUT2D eigenvalue weighted by atomic mass is 16.7. The Labute approximate surface area is 128 Å². The Hall–Kier alpha value is -0.810. The maximum atomic E-state index is 12.3. The highest BCUT2D eigenvalue weighted by molar-refractivity contribution is 5.74. The van der Waals surface area contributed by atoms with Gasteiger partial charge in [0, 0.05) is 25.6 Å². The molecule has 5 nitrogen and oxygen atoms in total. The van der Waals surface area contributed by atoms with Gasteiger partial charge in [-0.15, -0.1) is 0 Å². The maximum Gasteiger partial charge on any atom is 0.317 e. The molecule has 0 aromatic heterocycles. The van der Waals surface area contributed by atoms with E-state index in [1.165, 1.54) is 0 Å². The first kappa shape index (κ1) is 16.6. The average Bonchev–Trinajstić information content (AvgIpc) is 2.86. The zero-order valence-corrected chi connectivity index (χ0v) is 13.9. The molecule has 2 saturated heterocycles. The second kappa shape index (κ2) is 6.53. The number of amides is 2. The molecule has 21 heavy (non-hydrogen) atoms. The standard InChI is InChI=1S/C16H30N2O3/c1-15(2,3)7-8-17-14(19)18-9-5-6-13(12-18)16(4)20-10-11-21-16/h13H,5-12H2,1-4H3,(H,17,19)/t13-/m1/s1. The van der Waals surface area contributed by atoms with Gasteiger partial charge in [-0.2, -0.15) is 0 Å². The first-order valence-electron chi connectivity index (χ1n) is 8.11. The Morgan fingerprint density at radius 2 is 2.00 bits per heavy atom. The third-order valence-electron chi connectivity index (χ3n) is 4.46. The van der Waals surface area contributed by atoms with Crippen molar-refractivity contribution in [3.8, 4) is 0 Å². The Balaban J connectivity index is 1.81. The fourth-order valence-corrected chi connectivity index (χ4v) is 3.01. The van der Waals surface area contributed by atoms with Crippen molar-refractivity contribution in [1.82, 2.24) is 10.2 Å². The van der Waals surface area contributed by atoms with Crippen LogP contribution in [0, 0.1) is 11.3 Å². The highest BCUT2D eigenvalue weighted by Gasteiger charge is 2.42. The number of hydrogen-bond acceptors (Lipinski definition) is 3. The molecule has 2 aliphatic heterocycles. The van der Waals surface area contributed by atoms with Crippen LogP contribution in [0.1, 0.15) is 47.0 Å². The predicted octanol–water partition coefficient (Wildman–Crippen LogP) is 2.61. The Bertz CT molecular complexity index is 359. The third-order valence-corrected chi connectivity index (χ3v) is 4.46. The minimum absolute atomic E-state index is 0.0468. The summed E-state index contributed by atoms with van der Waals surface area (Å²) in [5, 5.41) is 3.04. The van der Waals surface area contributed by atoms with Gasteiger partial charge in [-0.25, -0.2) is 4.79 Å². The Kier molecular flexibility index (Phi) is 5.15. The second-order valence-corrected chi connectivity index (χ2v) is 7.54. The summed E-state index contributed by atoms with van der Waals surface area (Å²) in [4.78, 5) is 14.2. The minimum atomic E-state index is -0.510. The van der Waals surface area contributed by atoms with Crippen LogP contribution in [0.5, 0.6) is 0 Å². The van der Waals surface area contributed by atoms with Gasteiger partial charge in [-0.3, -0.25) is 0 Å². The third kappa shape index (κ3) is 4.58. The number of ether oxygens (including phenoxy) is 2. The molecule has 0 aliphatic carbocycles. The molecule has 0 spiro atoms. The van der Waals surface area contributed by atoms with E-state index >= 15 is 0 Å². The summed E-state index contributed by atoms with van der Waals surface area (Å²) in [6.07, 6.45) is 3.06. The summed E-state index contributed by atoms with van der Waals surface area (Å²) in [6.45, 7) is 12.2. The molecule has 0 bridgehead atoms. The summed E-state index contributed by atoms with van der Waals surface area (Å²) in [6, 6.07) is 0.0468. The molecular formula is C16H30N2O3. The van der Waals surface area contributed by atoms with E-state index in [4.69, 9.17) is 9.47 Å². The molecule has 1 atom stereocenters. The minimum Gasteiger partial charge on any atom is -0.347 e. The number of nitrogens with zero attached hydrogens (tertiary/aromatic N) is 1. The number of carbonyl (C=O) groups is 1. The van der Waals surface area contributed by atoms with Crippen LogP contribution >= 0.6 is 0 Å². The molecule has 2 aliphatic rings. The van der Waals surface area contributed by atoms with E-state index < -0.39 is 5.79 Å². The van der Waals surface area contributed by atoms with Gasteiger partial charge in [-0.05, 0) is 31.6 Å². The van der Waals surface area contributed by atoms with Crippen molar-refractivity contribution in [1.29, 1.82) is 0 Å². The van der Waals surface area contributed by atoms with Crippen molar-refractivity contribution < 1.29 is 14.3 Å². The molecule has 1 N–H and O–H groups in total. The molecule has 0 radical (unpaired) electrons. The fraction of sp³-hybridized carbons (Fsp3) is 0.938. The topological polar surface area (TPSA) is 50.8 Å². The summed E-state index contributed by atoms with van der Waals surface area (Å²) in [5.41, 5.74) is 0.247. The average molecular weight is 298 g/mol. The van der Waals surface area contributed by atoms with Crippen LogP contribution in [0.25, 0.3) is 0 Å². The summed E-state index contributed by atoms with van der Waals surface area (Å²) in [7, 11) is 0. The molecule has 2 heterocycles. The highest BCUT2D eigenvalue weighted by Crippen LogP contribution is 2.34. The molecule has 2 fully saturated rings. The lowest BCUT2D eigenvalue weighted by Gasteiger charge is -2.39. The first-order chi connectivity index (χ1) is 9.80. The zero-order valence-electron chi connectivity index (χ0n) is 13.9. The Morgan fingerprint density at radius 3 is 2.62 bits per heavy atom. The largest absolute Gasteiger partial charge is 0.347 e. The van der Waals surface area contributed by atoms with Crippen molar-refractivity contribution in [2.45, 2.75) is 52.7 Å². The SMILES string of the molecule is CC(C)(C)CCNC(=O)N1CCC[C@@H](C2(C)OCCO2)C1. The Morgan fingerprint density at radius 1 is 1.33 bits per heavy atom.